The van der Waals surface area contributed by atoms with Crippen molar-refractivity contribution in [2.45, 2.75) is 83.5 Å². The van der Waals surface area contributed by atoms with Crippen molar-refractivity contribution in [3.8, 4) is 0 Å². The molecule has 2 saturated carbocycles. The number of rotatable bonds is 6. The number of hydrogen-bond donors (Lipinski definition) is 0. The van der Waals surface area contributed by atoms with Gasteiger partial charge >= 0.3 is 0 Å². The molecule has 3 aliphatic rings. The molecule has 132 valence electrons. The Morgan fingerprint density at radius 3 is 2.00 bits per heavy atom. The fourth-order valence-electron chi connectivity index (χ4n) is 5.26. The number of carbonyl (C=O) groups excluding carboxylic acids is 2. The molecule has 0 aromatic carbocycles. The Kier molecular flexibility index (Phi) is 6.45. The van der Waals surface area contributed by atoms with Crippen LogP contribution >= 0.6 is 0 Å². The molecular formula is C22H32O2. The van der Waals surface area contributed by atoms with E-state index in [1.807, 2.05) is 0 Å². The van der Waals surface area contributed by atoms with Crippen molar-refractivity contribution < 1.29 is 9.59 Å². The fraction of sp³-hybridized carbons (Fsp3) is 0.727. The summed E-state index contributed by atoms with van der Waals surface area (Å²) in [5.74, 6) is 2.71. The summed E-state index contributed by atoms with van der Waals surface area (Å²) >= 11 is 0. The van der Waals surface area contributed by atoms with Crippen LogP contribution in [-0.2, 0) is 9.59 Å². The van der Waals surface area contributed by atoms with Gasteiger partial charge in [0, 0.05) is 5.57 Å². The van der Waals surface area contributed by atoms with E-state index in [4.69, 9.17) is 0 Å². The first kappa shape index (κ1) is 17.6. The van der Waals surface area contributed by atoms with Gasteiger partial charge in [0.05, 0.1) is 0 Å². The number of allylic oxidation sites excluding steroid dienone is 4. The van der Waals surface area contributed by atoms with Crippen LogP contribution in [0.15, 0.2) is 23.8 Å². The van der Waals surface area contributed by atoms with Gasteiger partial charge in [0.25, 0.3) is 0 Å². The average Bonchev–Trinajstić information content (AvgIpc) is 2.63. The Balaban J connectivity index is 1.57. The Bertz CT molecular complexity index is 484. The number of hydrogen-bond acceptors (Lipinski definition) is 2. The monoisotopic (exact) mass is 328 g/mol. The van der Waals surface area contributed by atoms with E-state index >= 15 is 0 Å². The predicted octanol–water partition coefficient (Wildman–Crippen LogP) is 5.57. The SMILES string of the molecule is O=C1C=CC(=O)C(CCCC(C2CCCCC2)C2CCCCC2)=C1. The predicted molar refractivity (Wildman–Crippen MR) is 97.7 cm³/mol. The third-order valence-corrected chi connectivity index (χ3v) is 6.53. The molecule has 0 aromatic rings. The van der Waals surface area contributed by atoms with E-state index in [1.165, 1.54) is 82.8 Å². The van der Waals surface area contributed by atoms with E-state index in [9.17, 15) is 9.59 Å². The Labute approximate surface area is 146 Å². The summed E-state index contributed by atoms with van der Waals surface area (Å²) in [6.07, 6.45) is 21.7. The lowest BCUT2D eigenvalue weighted by molar-refractivity contribution is -0.114. The van der Waals surface area contributed by atoms with Crippen molar-refractivity contribution in [1.29, 1.82) is 0 Å². The van der Waals surface area contributed by atoms with E-state index in [2.05, 4.69) is 0 Å². The van der Waals surface area contributed by atoms with Crippen LogP contribution in [0, 0.1) is 17.8 Å². The molecule has 0 unspecified atom stereocenters. The van der Waals surface area contributed by atoms with E-state index < -0.39 is 0 Å². The molecular weight excluding hydrogens is 296 g/mol. The maximum absolute atomic E-state index is 11.9. The van der Waals surface area contributed by atoms with Gasteiger partial charge in [-0.25, -0.2) is 0 Å². The van der Waals surface area contributed by atoms with Crippen molar-refractivity contribution in [1.82, 2.24) is 0 Å². The highest BCUT2D eigenvalue weighted by Crippen LogP contribution is 2.42. The Morgan fingerprint density at radius 2 is 1.42 bits per heavy atom. The Morgan fingerprint density at radius 1 is 0.833 bits per heavy atom. The standard InChI is InChI=1S/C22H32O2/c23-20-14-15-22(24)19(16-20)12-7-13-21(17-8-3-1-4-9-17)18-10-5-2-6-11-18/h14-18,21H,1-13H2. The maximum Gasteiger partial charge on any atom is 0.182 e. The maximum atomic E-state index is 11.9. The molecule has 0 amide bonds. The zero-order chi connectivity index (χ0) is 16.8. The summed E-state index contributed by atoms with van der Waals surface area (Å²) in [5, 5.41) is 0. The van der Waals surface area contributed by atoms with Crippen LogP contribution < -0.4 is 0 Å². The minimum atomic E-state index is -0.0271. The molecule has 0 aromatic heterocycles. The van der Waals surface area contributed by atoms with Gasteiger partial charge in [-0.05, 0) is 55.2 Å². The molecule has 0 atom stereocenters. The van der Waals surface area contributed by atoms with Crippen molar-refractivity contribution in [3.63, 3.8) is 0 Å². The molecule has 24 heavy (non-hydrogen) atoms. The molecule has 0 bridgehead atoms. The highest BCUT2D eigenvalue weighted by atomic mass is 16.1. The van der Waals surface area contributed by atoms with Gasteiger partial charge in [0.15, 0.2) is 11.6 Å². The van der Waals surface area contributed by atoms with E-state index in [0.717, 1.165) is 36.2 Å². The summed E-state index contributed by atoms with van der Waals surface area (Å²) in [5.41, 5.74) is 0.730. The molecule has 0 saturated heterocycles. The summed E-state index contributed by atoms with van der Waals surface area (Å²) < 4.78 is 0. The van der Waals surface area contributed by atoms with Gasteiger partial charge in [-0.2, -0.15) is 0 Å². The van der Waals surface area contributed by atoms with Crippen LogP contribution in [0.25, 0.3) is 0 Å². The zero-order valence-electron chi connectivity index (χ0n) is 15.0. The van der Waals surface area contributed by atoms with E-state index in [0.29, 0.717) is 0 Å². The van der Waals surface area contributed by atoms with Gasteiger partial charge in [-0.1, -0.05) is 64.2 Å². The summed E-state index contributed by atoms with van der Waals surface area (Å²) in [6.45, 7) is 0. The molecule has 0 spiro atoms. The van der Waals surface area contributed by atoms with Crippen LogP contribution in [0.4, 0.5) is 0 Å². The minimum absolute atomic E-state index is 0.0271. The molecule has 3 aliphatic carbocycles. The van der Waals surface area contributed by atoms with E-state index in [1.54, 1.807) is 6.08 Å². The molecule has 2 heteroatoms. The number of ketones is 2. The van der Waals surface area contributed by atoms with Gasteiger partial charge in [0.2, 0.25) is 0 Å². The molecule has 3 rings (SSSR count). The van der Waals surface area contributed by atoms with Crippen molar-refractivity contribution in [2.24, 2.45) is 17.8 Å². The highest BCUT2D eigenvalue weighted by Gasteiger charge is 2.31. The first-order valence-electron chi connectivity index (χ1n) is 10.2. The van der Waals surface area contributed by atoms with Crippen LogP contribution in [0.3, 0.4) is 0 Å². The van der Waals surface area contributed by atoms with E-state index in [-0.39, 0.29) is 11.6 Å². The first-order chi connectivity index (χ1) is 11.7. The molecule has 2 fully saturated rings. The molecule has 2 nitrogen and oxygen atoms in total. The van der Waals surface area contributed by atoms with Gasteiger partial charge in [0.1, 0.15) is 0 Å². The fourth-order valence-corrected chi connectivity index (χ4v) is 5.26. The zero-order valence-corrected chi connectivity index (χ0v) is 15.0. The average molecular weight is 328 g/mol. The van der Waals surface area contributed by atoms with Crippen LogP contribution in [0.5, 0.6) is 0 Å². The highest BCUT2D eigenvalue weighted by molar-refractivity contribution is 6.17. The second kappa shape index (κ2) is 8.78. The molecule has 0 aliphatic heterocycles. The van der Waals surface area contributed by atoms with Crippen molar-refractivity contribution in [3.05, 3.63) is 23.8 Å². The second-order valence-corrected chi connectivity index (χ2v) is 8.12. The first-order valence-corrected chi connectivity index (χ1v) is 10.2. The molecule has 0 heterocycles. The largest absolute Gasteiger partial charge is 0.290 e. The van der Waals surface area contributed by atoms with Crippen LogP contribution in [0.2, 0.25) is 0 Å². The summed E-state index contributed by atoms with van der Waals surface area (Å²) in [6, 6.07) is 0. The van der Waals surface area contributed by atoms with Crippen LogP contribution in [-0.4, -0.2) is 11.6 Å². The van der Waals surface area contributed by atoms with Crippen LogP contribution in [0.1, 0.15) is 83.5 Å². The quantitative estimate of drug-likeness (QED) is 0.597. The Hall–Kier alpha value is -1.18. The summed E-state index contributed by atoms with van der Waals surface area (Å²) in [7, 11) is 0. The van der Waals surface area contributed by atoms with Gasteiger partial charge < -0.3 is 0 Å². The van der Waals surface area contributed by atoms with Gasteiger partial charge in [-0.15, -0.1) is 0 Å². The lowest BCUT2D eigenvalue weighted by atomic mass is 9.68. The second-order valence-electron chi connectivity index (χ2n) is 8.12. The summed E-state index contributed by atoms with van der Waals surface area (Å²) in [4.78, 5) is 23.4. The smallest absolute Gasteiger partial charge is 0.182 e. The number of carbonyl (C=O) groups is 2. The third-order valence-electron chi connectivity index (χ3n) is 6.53. The van der Waals surface area contributed by atoms with Gasteiger partial charge in [-0.3, -0.25) is 9.59 Å². The lowest BCUT2D eigenvalue weighted by Gasteiger charge is -2.38. The third kappa shape index (κ3) is 4.68. The minimum Gasteiger partial charge on any atom is -0.290 e. The lowest BCUT2D eigenvalue weighted by Crippen LogP contribution is -2.27. The topological polar surface area (TPSA) is 34.1 Å². The van der Waals surface area contributed by atoms with Crippen molar-refractivity contribution >= 4 is 11.6 Å². The molecule has 0 radical (unpaired) electrons. The normalized spacial score (nSPS) is 23.8. The molecule has 0 N–H and O–H groups in total. The van der Waals surface area contributed by atoms with Crippen molar-refractivity contribution in [2.75, 3.05) is 0 Å².